The Morgan fingerprint density at radius 2 is 1.86 bits per heavy atom. The Hall–Kier alpha value is -2.33. The second-order valence-corrected chi connectivity index (χ2v) is 5.25. The summed E-state index contributed by atoms with van der Waals surface area (Å²) in [5, 5.41) is 12.2. The Bertz CT molecular complexity index is 625. The van der Waals surface area contributed by atoms with E-state index in [2.05, 4.69) is 5.32 Å². The molecule has 22 heavy (non-hydrogen) atoms. The lowest BCUT2D eigenvalue weighted by Crippen LogP contribution is -2.34. The lowest BCUT2D eigenvalue weighted by Gasteiger charge is -2.17. The smallest absolute Gasteiger partial charge is 0.258 e. The number of aryl methyl sites for hydroxylation is 2. The molecule has 2 aromatic carbocycles. The molecule has 1 atom stereocenters. The van der Waals surface area contributed by atoms with Gasteiger partial charge in [-0.1, -0.05) is 36.4 Å². The molecule has 0 aromatic heterocycles. The molecule has 0 aliphatic rings. The normalized spacial score (nSPS) is 11.8. The van der Waals surface area contributed by atoms with Crippen LogP contribution in [0, 0.1) is 13.8 Å². The molecule has 1 unspecified atom stereocenters. The number of hydrogen-bond acceptors (Lipinski definition) is 3. The molecule has 116 valence electrons. The lowest BCUT2D eigenvalue weighted by molar-refractivity contribution is -0.124. The number of benzene rings is 2. The minimum atomic E-state index is -0.419. The van der Waals surface area contributed by atoms with E-state index in [4.69, 9.17) is 4.74 Å². The van der Waals surface area contributed by atoms with Gasteiger partial charge < -0.3 is 15.2 Å². The molecular weight excluding hydrogens is 278 g/mol. The summed E-state index contributed by atoms with van der Waals surface area (Å²) in [4.78, 5) is 12.0. The van der Waals surface area contributed by atoms with Crippen molar-refractivity contribution in [2.24, 2.45) is 0 Å². The van der Waals surface area contributed by atoms with Crippen molar-refractivity contribution in [1.82, 2.24) is 5.32 Å². The molecule has 4 heteroatoms. The number of nitrogens with one attached hydrogen (secondary N) is 1. The number of aliphatic hydroxyl groups excluding tert-OH is 1. The van der Waals surface area contributed by atoms with Crippen molar-refractivity contribution >= 4 is 5.91 Å². The van der Waals surface area contributed by atoms with Crippen LogP contribution in [0.1, 0.15) is 22.7 Å². The molecule has 0 fully saturated rings. The van der Waals surface area contributed by atoms with Gasteiger partial charge in [-0.15, -0.1) is 0 Å². The van der Waals surface area contributed by atoms with Gasteiger partial charge in [0.2, 0.25) is 0 Å². The molecule has 2 aromatic rings. The van der Waals surface area contributed by atoms with Crippen LogP contribution >= 0.6 is 0 Å². The third-order valence-electron chi connectivity index (χ3n) is 3.57. The van der Waals surface area contributed by atoms with Crippen LogP contribution in [0.25, 0.3) is 0 Å². The topological polar surface area (TPSA) is 58.6 Å². The predicted molar refractivity (Wildman–Crippen MR) is 85.8 cm³/mol. The molecule has 0 bridgehead atoms. The van der Waals surface area contributed by atoms with Crippen LogP contribution in [0.15, 0.2) is 48.5 Å². The predicted octanol–water partition coefficient (Wildman–Crippen LogP) is 2.53. The molecule has 0 spiro atoms. The van der Waals surface area contributed by atoms with Gasteiger partial charge in [0.15, 0.2) is 6.61 Å². The summed E-state index contributed by atoms with van der Waals surface area (Å²) in [6.45, 7) is 3.79. The first-order valence-corrected chi connectivity index (χ1v) is 7.25. The van der Waals surface area contributed by atoms with Crippen molar-refractivity contribution in [2.45, 2.75) is 19.9 Å². The summed E-state index contributed by atoms with van der Waals surface area (Å²) < 4.78 is 5.49. The molecular formula is C18H21NO3. The van der Waals surface area contributed by atoms with E-state index in [1.807, 2.05) is 62.4 Å². The quantitative estimate of drug-likeness (QED) is 0.862. The first-order chi connectivity index (χ1) is 10.6. The Morgan fingerprint density at radius 1 is 1.14 bits per heavy atom. The fourth-order valence-corrected chi connectivity index (χ4v) is 2.11. The number of hydrogen-bond donors (Lipinski definition) is 2. The molecule has 0 radical (unpaired) electrons. The van der Waals surface area contributed by atoms with E-state index < -0.39 is 6.04 Å². The summed E-state index contributed by atoms with van der Waals surface area (Å²) in [5.74, 6) is 0.402. The highest BCUT2D eigenvalue weighted by Crippen LogP contribution is 2.16. The summed E-state index contributed by atoms with van der Waals surface area (Å²) >= 11 is 0. The number of carbonyl (C=O) groups is 1. The Morgan fingerprint density at radius 3 is 2.50 bits per heavy atom. The molecule has 0 saturated carbocycles. The summed E-state index contributed by atoms with van der Waals surface area (Å²) in [5.41, 5.74) is 3.17. The molecule has 0 aliphatic carbocycles. The van der Waals surface area contributed by atoms with Crippen LogP contribution in [-0.2, 0) is 4.79 Å². The molecule has 0 saturated heterocycles. The van der Waals surface area contributed by atoms with E-state index in [1.54, 1.807) is 0 Å². The minimum Gasteiger partial charge on any atom is -0.484 e. The number of carbonyl (C=O) groups excluding carboxylic acids is 1. The lowest BCUT2D eigenvalue weighted by atomic mass is 10.1. The maximum absolute atomic E-state index is 12.0. The van der Waals surface area contributed by atoms with Gasteiger partial charge in [0.1, 0.15) is 5.75 Å². The van der Waals surface area contributed by atoms with E-state index in [-0.39, 0.29) is 19.1 Å². The largest absolute Gasteiger partial charge is 0.484 e. The van der Waals surface area contributed by atoms with E-state index in [0.29, 0.717) is 5.75 Å². The number of amides is 1. The van der Waals surface area contributed by atoms with Crippen molar-refractivity contribution in [3.8, 4) is 5.75 Å². The Kier molecular flexibility index (Phi) is 5.55. The number of rotatable bonds is 6. The zero-order valence-electron chi connectivity index (χ0n) is 12.9. The SMILES string of the molecule is Cc1ccc(OCC(=O)NC(CO)c2ccccc2)cc1C. The van der Waals surface area contributed by atoms with Crippen LogP contribution in [0.5, 0.6) is 5.75 Å². The van der Waals surface area contributed by atoms with E-state index in [1.165, 1.54) is 5.56 Å². The summed E-state index contributed by atoms with van der Waals surface area (Å²) in [7, 11) is 0. The van der Waals surface area contributed by atoms with Gasteiger partial charge in [0.25, 0.3) is 5.91 Å². The van der Waals surface area contributed by atoms with E-state index in [9.17, 15) is 9.90 Å². The van der Waals surface area contributed by atoms with Crippen molar-refractivity contribution in [3.63, 3.8) is 0 Å². The highest BCUT2D eigenvalue weighted by molar-refractivity contribution is 5.78. The first kappa shape index (κ1) is 16.0. The molecule has 4 nitrogen and oxygen atoms in total. The average Bonchev–Trinajstić information content (AvgIpc) is 2.54. The van der Waals surface area contributed by atoms with Crippen molar-refractivity contribution < 1.29 is 14.6 Å². The van der Waals surface area contributed by atoms with E-state index >= 15 is 0 Å². The standard InChI is InChI=1S/C18H21NO3/c1-13-8-9-16(10-14(13)2)22-12-18(21)19-17(11-20)15-6-4-3-5-7-15/h3-10,17,20H,11-12H2,1-2H3,(H,19,21). The minimum absolute atomic E-state index is 0.0775. The van der Waals surface area contributed by atoms with Gasteiger partial charge in [-0.3, -0.25) is 4.79 Å². The maximum atomic E-state index is 12.0. The van der Waals surface area contributed by atoms with Crippen LogP contribution in [0.2, 0.25) is 0 Å². The highest BCUT2D eigenvalue weighted by Gasteiger charge is 2.13. The van der Waals surface area contributed by atoms with Crippen molar-refractivity contribution in [2.75, 3.05) is 13.2 Å². The number of aliphatic hydroxyl groups is 1. The Balaban J connectivity index is 1.90. The van der Waals surface area contributed by atoms with Crippen LogP contribution < -0.4 is 10.1 Å². The molecule has 1 amide bonds. The number of ether oxygens (including phenoxy) is 1. The van der Waals surface area contributed by atoms with Gasteiger partial charge in [-0.05, 0) is 42.7 Å². The fraction of sp³-hybridized carbons (Fsp3) is 0.278. The maximum Gasteiger partial charge on any atom is 0.258 e. The third kappa shape index (κ3) is 4.33. The second kappa shape index (κ2) is 7.61. The van der Waals surface area contributed by atoms with Gasteiger partial charge >= 0.3 is 0 Å². The monoisotopic (exact) mass is 299 g/mol. The van der Waals surface area contributed by atoms with Gasteiger partial charge in [0.05, 0.1) is 12.6 Å². The van der Waals surface area contributed by atoms with Gasteiger partial charge in [0, 0.05) is 0 Å². The fourth-order valence-electron chi connectivity index (χ4n) is 2.11. The van der Waals surface area contributed by atoms with Crippen LogP contribution in [0.3, 0.4) is 0 Å². The highest BCUT2D eigenvalue weighted by atomic mass is 16.5. The van der Waals surface area contributed by atoms with Crippen molar-refractivity contribution in [3.05, 3.63) is 65.2 Å². The summed E-state index contributed by atoms with van der Waals surface area (Å²) in [6, 6.07) is 14.7. The zero-order chi connectivity index (χ0) is 15.9. The Labute approximate surface area is 130 Å². The first-order valence-electron chi connectivity index (χ1n) is 7.25. The van der Waals surface area contributed by atoms with Crippen LogP contribution in [-0.4, -0.2) is 24.2 Å². The van der Waals surface area contributed by atoms with Gasteiger partial charge in [-0.25, -0.2) is 0 Å². The average molecular weight is 299 g/mol. The van der Waals surface area contributed by atoms with Crippen LogP contribution in [0.4, 0.5) is 0 Å². The molecule has 2 N–H and O–H groups in total. The van der Waals surface area contributed by atoms with Crippen molar-refractivity contribution in [1.29, 1.82) is 0 Å². The van der Waals surface area contributed by atoms with E-state index in [0.717, 1.165) is 11.1 Å². The molecule has 2 rings (SSSR count). The van der Waals surface area contributed by atoms with Gasteiger partial charge in [-0.2, -0.15) is 0 Å². The zero-order valence-corrected chi connectivity index (χ0v) is 12.9. The summed E-state index contributed by atoms with van der Waals surface area (Å²) in [6.07, 6.45) is 0. The second-order valence-electron chi connectivity index (χ2n) is 5.25. The third-order valence-corrected chi connectivity index (χ3v) is 3.57. The molecule has 0 aliphatic heterocycles. The molecule has 0 heterocycles.